The van der Waals surface area contributed by atoms with Gasteiger partial charge in [-0.3, -0.25) is 9.20 Å². The van der Waals surface area contributed by atoms with Gasteiger partial charge in [-0.15, -0.1) is 10.2 Å². The number of thioether (sulfide) groups is 1. The van der Waals surface area contributed by atoms with Gasteiger partial charge in [0.25, 0.3) is 0 Å². The maximum atomic E-state index is 12.4. The number of halogens is 2. The molecule has 0 fully saturated rings. The summed E-state index contributed by atoms with van der Waals surface area (Å²) in [6.45, 7) is 1.79. The van der Waals surface area contributed by atoms with Crippen molar-refractivity contribution in [2.24, 2.45) is 0 Å². The lowest BCUT2D eigenvalue weighted by atomic mass is 10.3. The minimum absolute atomic E-state index is 0.210. The minimum Gasteiger partial charge on any atom is -0.323 e. The normalized spacial score (nSPS) is 12.3. The number of anilines is 1. The van der Waals surface area contributed by atoms with E-state index in [2.05, 4.69) is 15.5 Å². The summed E-state index contributed by atoms with van der Waals surface area (Å²) in [4.78, 5) is 12.4. The topological polar surface area (TPSA) is 59.3 Å². The molecule has 0 spiro atoms. The first-order valence-electron chi connectivity index (χ1n) is 6.77. The van der Waals surface area contributed by atoms with E-state index in [1.807, 2.05) is 28.8 Å². The molecule has 0 aliphatic carbocycles. The number of amides is 1. The number of hydrogen-bond acceptors (Lipinski definition) is 4. The lowest BCUT2D eigenvalue weighted by Crippen LogP contribution is -2.23. The molecule has 23 heavy (non-hydrogen) atoms. The van der Waals surface area contributed by atoms with Crippen molar-refractivity contribution >= 4 is 52.2 Å². The fourth-order valence-corrected chi connectivity index (χ4v) is 3.28. The Bertz CT molecular complexity index is 847. The third-order valence-electron chi connectivity index (χ3n) is 3.14. The smallest absolute Gasteiger partial charge is 0.237 e. The molecule has 8 heteroatoms. The van der Waals surface area contributed by atoms with Gasteiger partial charge in [0, 0.05) is 6.20 Å². The molecule has 1 amide bonds. The summed E-state index contributed by atoms with van der Waals surface area (Å²) in [5.74, 6) is -0.210. The average molecular weight is 367 g/mol. The predicted molar refractivity (Wildman–Crippen MR) is 93.4 cm³/mol. The first-order valence-corrected chi connectivity index (χ1v) is 8.41. The molecule has 0 radical (unpaired) electrons. The van der Waals surface area contributed by atoms with E-state index in [0.717, 1.165) is 5.65 Å². The van der Waals surface area contributed by atoms with Crippen LogP contribution in [0.4, 0.5) is 5.69 Å². The van der Waals surface area contributed by atoms with Crippen LogP contribution < -0.4 is 5.32 Å². The lowest BCUT2D eigenvalue weighted by molar-refractivity contribution is -0.115. The van der Waals surface area contributed by atoms with Crippen molar-refractivity contribution in [2.45, 2.75) is 17.3 Å². The third kappa shape index (κ3) is 3.44. The monoisotopic (exact) mass is 366 g/mol. The molecule has 3 aromatic rings. The summed E-state index contributed by atoms with van der Waals surface area (Å²) < 4.78 is 1.83. The highest BCUT2D eigenvalue weighted by atomic mass is 35.5. The Morgan fingerprint density at radius 2 is 1.91 bits per heavy atom. The van der Waals surface area contributed by atoms with Gasteiger partial charge in [-0.1, -0.05) is 47.1 Å². The molecule has 0 aliphatic heterocycles. The molecule has 1 N–H and O–H groups in total. The number of carbonyl (C=O) groups excluding carboxylic acids is 1. The fraction of sp³-hybridized carbons (Fsp3) is 0.133. The largest absolute Gasteiger partial charge is 0.323 e. The van der Waals surface area contributed by atoms with Gasteiger partial charge in [-0.2, -0.15) is 0 Å². The number of fused-ring (bicyclic) bond motifs is 1. The average Bonchev–Trinajstić information content (AvgIpc) is 2.94. The molecule has 0 aliphatic rings. The maximum absolute atomic E-state index is 12.4. The van der Waals surface area contributed by atoms with E-state index in [4.69, 9.17) is 23.2 Å². The van der Waals surface area contributed by atoms with Crippen LogP contribution in [0.5, 0.6) is 0 Å². The van der Waals surface area contributed by atoms with Gasteiger partial charge in [0.15, 0.2) is 10.8 Å². The highest BCUT2D eigenvalue weighted by molar-refractivity contribution is 8.00. The summed E-state index contributed by atoms with van der Waals surface area (Å²) in [6.07, 6.45) is 1.85. The number of carbonyl (C=O) groups is 1. The standard InChI is InChI=1S/C15H12Cl2N4OS/c1-9(14(22)18-13-10(16)5-4-6-11(13)17)23-15-20-19-12-7-2-3-8-21(12)15/h2-9H,1H3,(H,18,22)/t9-/m0/s1. The molecule has 3 rings (SSSR count). The van der Waals surface area contributed by atoms with E-state index in [0.29, 0.717) is 20.9 Å². The van der Waals surface area contributed by atoms with Crippen molar-refractivity contribution in [3.05, 3.63) is 52.6 Å². The van der Waals surface area contributed by atoms with Crippen molar-refractivity contribution in [1.82, 2.24) is 14.6 Å². The molecule has 1 aromatic carbocycles. The van der Waals surface area contributed by atoms with E-state index < -0.39 is 5.25 Å². The zero-order valence-electron chi connectivity index (χ0n) is 12.0. The Morgan fingerprint density at radius 1 is 1.17 bits per heavy atom. The van der Waals surface area contributed by atoms with E-state index >= 15 is 0 Å². The van der Waals surface area contributed by atoms with Crippen LogP contribution in [0.2, 0.25) is 10.0 Å². The Labute approximate surface area is 147 Å². The summed E-state index contributed by atoms with van der Waals surface area (Å²) in [5.41, 5.74) is 1.15. The Kier molecular flexibility index (Phi) is 4.75. The van der Waals surface area contributed by atoms with E-state index in [1.165, 1.54) is 11.8 Å². The van der Waals surface area contributed by atoms with Crippen LogP contribution in [0.1, 0.15) is 6.92 Å². The van der Waals surface area contributed by atoms with E-state index in [1.54, 1.807) is 25.1 Å². The second-order valence-corrected chi connectivity index (χ2v) is 6.88. The summed E-state index contributed by atoms with van der Waals surface area (Å²) in [5, 5.41) is 12.0. The predicted octanol–water partition coefficient (Wildman–Crippen LogP) is 4.16. The molecule has 1 atom stereocenters. The molecule has 0 bridgehead atoms. The Morgan fingerprint density at radius 3 is 2.65 bits per heavy atom. The van der Waals surface area contributed by atoms with Gasteiger partial charge in [-0.25, -0.2) is 0 Å². The molecule has 0 saturated heterocycles. The fourth-order valence-electron chi connectivity index (χ4n) is 1.95. The minimum atomic E-state index is -0.394. The van der Waals surface area contributed by atoms with E-state index in [-0.39, 0.29) is 5.91 Å². The SMILES string of the molecule is C[C@H](Sc1nnc2ccccn12)C(=O)Nc1c(Cl)cccc1Cl. The van der Waals surface area contributed by atoms with Crippen molar-refractivity contribution in [1.29, 1.82) is 0 Å². The number of benzene rings is 1. The summed E-state index contributed by atoms with van der Waals surface area (Å²) in [7, 11) is 0. The van der Waals surface area contributed by atoms with Crippen LogP contribution in [0.25, 0.3) is 5.65 Å². The molecule has 2 heterocycles. The van der Waals surface area contributed by atoms with Crippen LogP contribution in [0.15, 0.2) is 47.8 Å². The summed E-state index contributed by atoms with van der Waals surface area (Å²) >= 11 is 13.4. The molecule has 118 valence electrons. The van der Waals surface area contributed by atoms with Crippen LogP contribution in [-0.2, 0) is 4.79 Å². The van der Waals surface area contributed by atoms with Crippen LogP contribution in [0, 0.1) is 0 Å². The second kappa shape index (κ2) is 6.78. The van der Waals surface area contributed by atoms with Gasteiger partial charge in [0.2, 0.25) is 5.91 Å². The third-order valence-corrected chi connectivity index (χ3v) is 4.83. The molecular weight excluding hydrogens is 355 g/mol. The zero-order chi connectivity index (χ0) is 16.4. The Balaban J connectivity index is 1.75. The summed E-state index contributed by atoms with van der Waals surface area (Å²) in [6, 6.07) is 10.7. The zero-order valence-corrected chi connectivity index (χ0v) is 14.4. The molecule has 0 saturated carbocycles. The van der Waals surface area contributed by atoms with E-state index in [9.17, 15) is 4.79 Å². The number of nitrogens with zero attached hydrogens (tertiary/aromatic N) is 3. The second-order valence-electron chi connectivity index (χ2n) is 4.76. The number of nitrogens with one attached hydrogen (secondary N) is 1. The van der Waals surface area contributed by atoms with Gasteiger partial charge >= 0.3 is 0 Å². The highest BCUT2D eigenvalue weighted by Crippen LogP contribution is 2.31. The van der Waals surface area contributed by atoms with Crippen molar-refractivity contribution < 1.29 is 4.79 Å². The van der Waals surface area contributed by atoms with Crippen molar-refractivity contribution in [2.75, 3.05) is 5.32 Å². The number of aromatic nitrogens is 3. The quantitative estimate of drug-likeness (QED) is 0.704. The molecule has 2 aromatic heterocycles. The van der Waals surface area contributed by atoms with Crippen molar-refractivity contribution in [3.63, 3.8) is 0 Å². The van der Waals surface area contributed by atoms with Gasteiger partial charge in [0.05, 0.1) is 21.0 Å². The molecule has 5 nitrogen and oxygen atoms in total. The van der Waals surface area contributed by atoms with Crippen molar-refractivity contribution in [3.8, 4) is 0 Å². The number of hydrogen-bond donors (Lipinski definition) is 1. The lowest BCUT2D eigenvalue weighted by Gasteiger charge is -2.13. The first-order chi connectivity index (χ1) is 11.1. The number of rotatable bonds is 4. The maximum Gasteiger partial charge on any atom is 0.237 e. The Hall–Kier alpha value is -1.76. The highest BCUT2D eigenvalue weighted by Gasteiger charge is 2.19. The van der Waals surface area contributed by atoms with Crippen LogP contribution in [0.3, 0.4) is 0 Å². The van der Waals surface area contributed by atoms with Gasteiger partial charge in [-0.05, 0) is 31.2 Å². The van der Waals surface area contributed by atoms with Crippen LogP contribution >= 0.6 is 35.0 Å². The molecular formula is C15H12Cl2N4OS. The van der Waals surface area contributed by atoms with Crippen LogP contribution in [-0.4, -0.2) is 25.8 Å². The first kappa shape index (κ1) is 16.1. The van der Waals surface area contributed by atoms with Gasteiger partial charge < -0.3 is 5.32 Å². The number of para-hydroxylation sites is 1. The molecule has 0 unspecified atom stereocenters. The van der Waals surface area contributed by atoms with Gasteiger partial charge in [0.1, 0.15) is 0 Å². The number of pyridine rings is 1.